The zero-order valence-corrected chi connectivity index (χ0v) is 4.90. The summed E-state index contributed by atoms with van der Waals surface area (Å²) in [5.41, 5.74) is -0.102. The van der Waals surface area contributed by atoms with E-state index in [1.807, 2.05) is 0 Å². The van der Waals surface area contributed by atoms with Crippen LogP contribution in [0.5, 0.6) is 5.75 Å². The Bertz CT molecular complexity index is 261. The minimum Gasteiger partial charge on any atom is -0.504 e. The Balaban J connectivity index is 3.25. The first kappa shape index (κ1) is 6.54. The lowest BCUT2D eigenvalue weighted by Gasteiger charge is -1.81. The third kappa shape index (κ3) is 0.793. The van der Waals surface area contributed by atoms with Crippen LogP contribution in [0.4, 0.5) is 0 Å². The van der Waals surface area contributed by atoms with Gasteiger partial charge in [-0.15, -0.1) is 0 Å². The maximum Gasteiger partial charge on any atom is 0.186 e. The lowest BCUT2D eigenvalue weighted by Crippen LogP contribution is -1.82. The van der Waals surface area contributed by atoms with E-state index in [0.29, 0.717) is 12.6 Å². The van der Waals surface area contributed by atoms with Gasteiger partial charge in [0, 0.05) is 0 Å². The Labute approximate surface area is 56.1 Å². The number of carbonyl (C=O) groups excluding carboxylic acids is 2. The third-order valence-corrected chi connectivity index (χ3v) is 1.06. The average molecular weight is 140 g/mol. The molecular weight excluding hydrogens is 136 g/mol. The van der Waals surface area contributed by atoms with Gasteiger partial charge < -0.3 is 9.52 Å². The van der Waals surface area contributed by atoms with Gasteiger partial charge in [0.1, 0.15) is 11.8 Å². The number of hydrogen-bond donors (Lipinski definition) is 1. The second-order valence-electron chi connectivity index (χ2n) is 1.63. The van der Waals surface area contributed by atoms with E-state index in [2.05, 4.69) is 4.42 Å². The van der Waals surface area contributed by atoms with Gasteiger partial charge >= 0.3 is 0 Å². The maximum atomic E-state index is 10.1. The van der Waals surface area contributed by atoms with E-state index in [4.69, 9.17) is 5.11 Å². The van der Waals surface area contributed by atoms with E-state index in [-0.39, 0.29) is 17.1 Å². The second-order valence-corrected chi connectivity index (χ2v) is 1.63. The number of rotatable bonds is 2. The number of hydrogen-bond acceptors (Lipinski definition) is 4. The van der Waals surface area contributed by atoms with Crippen LogP contribution in [0.25, 0.3) is 0 Å². The quantitative estimate of drug-likeness (QED) is 0.611. The van der Waals surface area contributed by atoms with Crippen LogP contribution in [-0.2, 0) is 0 Å². The van der Waals surface area contributed by atoms with Gasteiger partial charge in [0.05, 0.1) is 0 Å². The van der Waals surface area contributed by atoms with Gasteiger partial charge in [-0.2, -0.15) is 0 Å². The van der Waals surface area contributed by atoms with Crippen LogP contribution in [0.1, 0.15) is 20.9 Å². The molecule has 0 aliphatic rings. The van der Waals surface area contributed by atoms with E-state index in [0.717, 1.165) is 6.26 Å². The molecule has 0 saturated carbocycles. The number of aldehydes is 2. The molecule has 0 aromatic carbocycles. The van der Waals surface area contributed by atoms with Crippen LogP contribution < -0.4 is 0 Å². The Morgan fingerprint density at radius 1 is 1.40 bits per heavy atom. The normalized spacial score (nSPS) is 9.20. The van der Waals surface area contributed by atoms with Crippen LogP contribution in [0, 0.1) is 0 Å². The van der Waals surface area contributed by atoms with E-state index in [9.17, 15) is 9.59 Å². The van der Waals surface area contributed by atoms with Crippen LogP contribution >= 0.6 is 0 Å². The summed E-state index contributed by atoms with van der Waals surface area (Å²) in [6.07, 6.45) is 1.67. The molecule has 0 atom stereocenters. The molecule has 0 fully saturated rings. The van der Waals surface area contributed by atoms with Crippen molar-refractivity contribution in [2.45, 2.75) is 0 Å². The van der Waals surface area contributed by atoms with Gasteiger partial charge in [-0.05, 0) is 0 Å². The van der Waals surface area contributed by atoms with E-state index >= 15 is 0 Å². The van der Waals surface area contributed by atoms with E-state index in [1.54, 1.807) is 0 Å². The fourth-order valence-electron chi connectivity index (χ4n) is 0.582. The first-order valence-corrected chi connectivity index (χ1v) is 2.50. The molecule has 0 amide bonds. The van der Waals surface area contributed by atoms with Crippen molar-refractivity contribution >= 4 is 12.6 Å². The fourth-order valence-corrected chi connectivity index (χ4v) is 0.582. The van der Waals surface area contributed by atoms with Crippen molar-refractivity contribution in [3.63, 3.8) is 0 Å². The number of furan rings is 1. The van der Waals surface area contributed by atoms with Crippen molar-refractivity contribution in [1.82, 2.24) is 0 Å². The molecule has 10 heavy (non-hydrogen) atoms. The molecule has 52 valence electrons. The molecule has 1 N–H and O–H groups in total. The highest BCUT2D eigenvalue weighted by Gasteiger charge is 2.09. The highest BCUT2D eigenvalue weighted by atomic mass is 16.4. The Kier molecular flexibility index (Phi) is 1.53. The smallest absolute Gasteiger partial charge is 0.186 e. The molecule has 1 aromatic heterocycles. The predicted octanol–water partition coefficient (Wildman–Crippen LogP) is 0.610. The van der Waals surface area contributed by atoms with E-state index in [1.165, 1.54) is 0 Å². The second kappa shape index (κ2) is 2.34. The van der Waals surface area contributed by atoms with Crippen molar-refractivity contribution in [2.24, 2.45) is 0 Å². The monoisotopic (exact) mass is 140 g/mol. The topological polar surface area (TPSA) is 67.5 Å². The molecule has 0 radical (unpaired) electrons. The summed E-state index contributed by atoms with van der Waals surface area (Å²) in [5.74, 6) is -0.454. The van der Waals surface area contributed by atoms with Crippen molar-refractivity contribution in [3.8, 4) is 5.75 Å². The average Bonchev–Trinajstić information content (AvgIpc) is 2.30. The zero-order chi connectivity index (χ0) is 7.56. The van der Waals surface area contributed by atoms with Crippen LogP contribution in [-0.4, -0.2) is 17.7 Å². The highest BCUT2D eigenvalue weighted by molar-refractivity contribution is 5.90. The van der Waals surface area contributed by atoms with Gasteiger partial charge in [-0.1, -0.05) is 0 Å². The molecule has 0 aliphatic heterocycles. The van der Waals surface area contributed by atoms with Gasteiger partial charge in [-0.25, -0.2) is 0 Å². The molecule has 0 saturated heterocycles. The molecule has 1 aromatic rings. The minimum absolute atomic E-state index is 0.102. The van der Waals surface area contributed by atoms with Gasteiger partial charge in [0.25, 0.3) is 0 Å². The highest BCUT2D eigenvalue weighted by Crippen LogP contribution is 2.19. The lowest BCUT2D eigenvalue weighted by atomic mass is 10.3. The number of aromatic hydroxyl groups is 1. The third-order valence-electron chi connectivity index (χ3n) is 1.06. The largest absolute Gasteiger partial charge is 0.504 e. The van der Waals surface area contributed by atoms with Crippen molar-refractivity contribution in [3.05, 3.63) is 17.6 Å². The zero-order valence-electron chi connectivity index (χ0n) is 4.90. The lowest BCUT2D eigenvalue weighted by molar-refractivity contribution is 0.107. The predicted molar refractivity (Wildman–Crippen MR) is 31.1 cm³/mol. The van der Waals surface area contributed by atoms with E-state index < -0.39 is 0 Å². The Morgan fingerprint density at radius 2 is 2.10 bits per heavy atom. The first-order chi connectivity index (χ1) is 4.79. The van der Waals surface area contributed by atoms with Crippen molar-refractivity contribution in [2.75, 3.05) is 0 Å². The summed E-state index contributed by atoms with van der Waals surface area (Å²) in [5, 5.41) is 8.78. The summed E-state index contributed by atoms with van der Waals surface area (Å²) >= 11 is 0. The van der Waals surface area contributed by atoms with Crippen molar-refractivity contribution < 1.29 is 19.1 Å². The maximum absolute atomic E-state index is 10.1. The Hall–Kier alpha value is -1.58. The summed E-state index contributed by atoms with van der Waals surface area (Å²) in [7, 11) is 0. The summed E-state index contributed by atoms with van der Waals surface area (Å²) in [6.45, 7) is 0. The summed E-state index contributed by atoms with van der Waals surface area (Å²) in [6, 6.07) is 0. The number of carbonyl (C=O) groups is 2. The standard InChI is InChI=1S/C6H4O4/c7-1-4-5(9)3-10-6(4)2-8/h1-3,9H. The molecule has 0 unspecified atom stereocenters. The van der Waals surface area contributed by atoms with Gasteiger partial charge in [0.15, 0.2) is 24.1 Å². The fraction of sp³-hybridized carbons (Fsp3) is 0. The van der Waals surface area contributed by atoms with Crippen LogP contribution in [0.2, 0.25) is 0 Å². The van der Waals surface area contributed by atoms with Crippen molar-refractivity contribution in [1.29, 1.82) is 0 Å². The molecule has 0 aliphatic carbocycles. The summed E-state index contributed by atoms with van der Waals surface area (Å²) in [4.78, 5) is 20.1. The Morgan fingerprint density at radius 3 is 2.50 bits per heavy atom. The molecule has 0 spiro atoms. The molecular formula is C6H4O4. The first-order valence-electron chi connectivity index (χ1n) is 2.50. The van der Waals surface area contributed by atoms with Gasteiger partial charge in [-0.3, -0.25) is 9.59 Å². The SMILES string of the molecule is O=Cc1occ(O)c1C=O. The molecule has 4 nitrogen and oxygen atoms in total. The summed E-state index contributed by atoms with van der Waals surface area (Å²) < 4.78 is 4.49. The van der Waals surface area contributed by atoms with Crippen LogP contribution in [0.15, 0.2) is 10.7 Å². The molecule has 1 heterocycles. The molecule has 0 bridgehead atoms. The molecule has 1 rings (SSSR count). The minimum atomic E-state index is -0.308. The van der Waals surface area contributed by atoms with Crippen LogP contribution in [0.3, 0.4) is 0 Å². The molecule has 4 heteroatoms. The van der Waals surface area contributed by atoms with Gasteiger partial charge in [0.2, 0.25) is 0 Å².